The molecule has 2 aromatic rings. The summed E-state index contributed by atoms with van der Waals surface area (Å²) < 4.78 is 5.47. The van der Waals surface area contributed by atoms with Crippen LogP contribution in [0.15, 0.2) is 28.8 Å². The molecule has 0 bridgehead atoms. The van der Waals surface area contributed by atoms with E-state index >= 15 is 0 Å². The van der Waals surface area contributed by atoms with Crippen molar-refractivity contribution in [1.29, 1.82) is 0 Å². The van der Waals surface area contributed by atoms with E-state index in [0.29, 0.717) is 24.0 Å². The summed E-state index contributed by atoms with van der Waals surface area (Å²) in [4.78, 5) is 18.6. The molecule has 1 atom stereocenters. The number of halogens is 1. The van der Waals surface area contributed by atoms with Crippen molar-refractivity contribution in [2.45, 2.75) is 38.6 Å². The minimum Gasteiger partial charge on any atom is -0.337 e. The summed E-state index contributed by atoms with van der Waals surface area (Å²) >= 11 is 5.71. The van der Waals surface area contributed by atoms with Crippen molar-refractivity contribution < 1.29 is 9.32 Å². The average Bonchev–Trinajstić information content (AvgIpc) is 3.05. The first-order chi connectivity index (χ1) is 11.2. The Bertz CT molecular complexity index is 686. The third-order valence-corrected chi connectivity index (χ3v) is 4.32. The molecule has 0 radical (unpaired) electrons. The SMILES string of the molecule is Cc1cccc(-c2noc([C@@H]3CCCCN3C(=O)CCCl)n2)c1. The highest BCUT2D eigenvalue weighted by Crippen LogP contribution is 2.31. The first kappa shape index (κ1) is 16.0. The van der Waals surface area contributed by atoms with Gasteiger partial charge in [0, 0.05) is 24.4 Å². The van der Waals surface area contributed by atoms with Crippen LogP contribution in [0.5, 0.6) is 0 Å². The number of nitrogens with zero attached hydrogens (tertiary/aromatic N) is 3. The summed E-state index contributed by atoms with van der Waals surface area (Å²) in [6, 6.07) is 7.84. The molecule has 2 heterocycles. The summed E-state index contributed by atoms with van der Waals surface area (Å²) in [7, 11) is 0. The van der Waals surface area contributed by atoms with Crippen molar-refractivity contribution in [1.82, 2.24) is 15.0 Å². The lowest BCUT2D eigenvalue weighted by Gasteiger charge is -2.33. The average molecular weight is 334 g/mol. The van der Waals surface area contributed by atoms with Gasteiger partial charge in [-0.2, -0.15) is 4.98 Å². The van der Waals surface area contributed by atoms with Gasteiger partial charge in [0.2, 0.25) is 17.6 Å². The molecule has 1 aromatic heterocycles. The Kier molecular flexibility index (Phi) is 4.96. The number of benzene rings is 1. The van der Waals surface area contributed by atoms with E-state index in [4.69, 9.17) is 16.1 Å². The van der Waals surface area contributed by atoms with E-state index in [9.17, 15) is 4.79 Å². The quantitative estimate of drug-likeness (QED) is 0.800. The molecule has 1 aromatic carbocycles. The third-order valence-electron chi connectivity index (χ3n) is 4.13. The van der Waals surface area contributed by atoms with Crippen LogP contribution in [0.4, 0.5) is 0 Å². The van der Waals surface area contributed by atoms with Crippen LogP contribution >= 0.6 is 11.6 Å². The fourth-order valence-electron chi connectivity index (χ4n) is 2.98. The van der Waals surface area contributed by atoms with Gasteiger partial charge in [-0.15, -0.1) is 11.6 Å². The molecule has 1 fully saturated rings. The van der Waals surface area contributed by atoms with E-state index in [2.05, 4.69) is 10.1 Å². The van der Waals surface area contributed by atoms with Gasteiger partial charge in [0.15, 0.2) is 0 Å². The molecule has 1 saturated heterocycles. The van der Waals surface area contributed by atoms with Gasteiger partial charge in [-0.3, -0.25) is 4.79 Å². The number of hydrogen-bond donors (Lipinski definition) is 0. The first-order valence-corrected chi connectivity index (χ1v) is 8.48. The number of piperidine rings is 1. The Morgan fingerprint density at radius 1 is 1.43 bits per heavy atom. The predicted molar refractivity (Wildman–Crippen MR) is 88.1 cm³/mol. The van der Waals surface area contributed by atoms with Crippen LogP contribution in [0.1, 0.15) is 43.2 Å². The van der Waals surface area contributed by atoms with Gasteiger partial charge in [0.05, 0.1) is 0 Å². The Morgan fingerprint density at radius 3 is 3.09 bits per heavy atom. The van der Waals surface area contributed by atoms with Crippen LogP contribution in [-0.4, -0.2) is 33.4 Å². The zero-order valence-electron chi connectivity index (χ0n) is 13.2. The van der Waals surface area contributed by atoms with Crippen molar-refractivity contribution in [2.24, 2.45) is 0 Å². The minimum atomic E-state index is -0.134. The zero-order valence-corrected chi connectivity index (χ0v) is 13.9. The van der Waals surface area contributed by atoms with E-state index in [1.165, 1.54) is 0 Å². The molecule has 0 N–H and O–H groups in total. The van der Waals surface area contributed by atoms with Crippen molar-refractivity contribution >= 4 is 17.5 Å². The summed E-state index contributed by atoms with van der Waals surface area (Å²) in [6.07, 6.45) is 3.25. The van der Waals surface area contributed by atoms with E-state index in [1.54, 1.807) is 0 Å². The van der Waals surface area contributed by atoms with Crippen molar-refractivity contribution in [3.8, 4) is 11.4 Å². The number of carbonyl (C=O) groups is 1. The van der Waals surface area contributed by atoms with Gasteiger partial charge in [0.25, 0.3) is 0 Å². The maximum atomic E-state index is 12.3. The highest BCUT2D eigenvalue weighted by atomic mass is 35.5. The van der Waals surface area contributed by atoms with Gasteiger partial charge in [0.1, 0.15) is 6.04 Å². The number of likely N-dealkylation sites (tertiary alicyclic amines) is 1. The van der Waals surface area contributed by atoms with Crippen LogP contribution in [0, 0.1) is 6.92 Å². The van der Waals surface area contributed by atoms with E-state index < -0.39 is 0 Å². The molecule has 0 spiro atoms. The van der Waals surface area contributed by atoms with Crippen LogP contribution in [-0.2, 0) is 4.79 Å². The van der Waals surface area contributed by atoms with Gasteiger partial charge < -0.3 is 9.42 Å². The second kappa shape index (κ2) is 7.13. The molecular formula is C17H20ClN3O2. The molecule has 6 heteroatoms. The molecule has 122 valence electrons. The van der Waals surface area contributed by atoms with Crippen LogP contribution in [0.3, 0.4) is 0 Å². The number of aryl methyl sites for hydroxylation is 1. The Morgan fingerprint density at radius 2 is 2.30 bits per heavy atom. The molecule has 1 aliphatic heterocycles. The summed E-state index contributed by atoms with van der Waals surface area (Å²) in [5.41, 5.74) is 2.07. The number of carbonyl (C=O) groups excluding carboxylic acids is 1. The smallest absolute Gasteiger partial charge is 0.249 e. The lowest BCUT2D eigenvalue weighted by Crippen LogP contribution is -2.38. The fourth-order valence-corrected chi connectivity index (χ4v) is 3.14. The van der Waals surface area contributed by atoms with E-state index in [1.807, 2.05) is 36.1 Å². The Balaban J connectivity index is 1.84. The molecule has 0 saturated carbocycles. The molecule has 0 aliphatic carbocycles. The molecular weight excluding hydrogens is 314 g/mol. The molecule has 0 unspecified atom stereocenters. The normalized spacial score (nSPS) is 18.2. The molecule has 3 rings (SSSR count). The number of rotatable bonds is 4. The zero-order chi connectivity index (χ0) is 16.2. The number of alkyl halides is 1. The van der Waals surface area contributed by atoms with E-state index in [0.717, 1.165) is 36.9 Å². The molecule has 5 nitrogen and oxygen atoms in total. The standard InChI is InChI=1S/C17H20ClN3O2/c1-12-5-4-6-13(11-12)16-19-17(23-20-16)14-7-2-3-10-21(14)15(22)8-9-18/h4-6,11,14H,2-3,7-10H2,1H3/t14-/m0/s1. The maximum Gasteiger partial charge on any atom is 0.249 e. The van der Waals surface area contributed by atoms with Crippen LogP contribution in [0.25, 0.3) is 11.4 Å². The largest absolute Gasteiger partial charge is 0.337 e. The highest BCUT2D eigenvalue weighted by molar-refractivity contribution is 6.18. The van der Waals surface area contributed by atoms with Crippen molar-refractivity contribution in [2.75, 3.05) is 12.4 Å². The van der Waals surface area contributed by atoms with Crippen molar-refractivity contribution in [3.63, 3.8) is 0 Å². The van der Waals surface area contributed by atoms with Crippen molar-refractivity contribution in [3.05, 3.63) is 35.7 Å². The number of aromatic nitrogens is 2. The van der Waals surface area contributed by atoms with Crippen LogP contribution < -0.4 is 0 Å². The van der Waals surface area contributed by atoms with Gasteiger partial charge in [-0.1, -0.05) is 28.9 Å². The minimum absolute atomic E-state index is 0.0556. The monoisotopic (exact) mass is 333 g/mol. The Hall–Kier alpha value is -1.88. The molecule has 1 aliphatic rings. The topological polar surface area (TPSA) is 59.2 Å². The number of hydrogen-bond acceptors (Lipinski definition) is 4. The second-order valence-electron chi connectivity index (χ2n) is 5.86. The predicted octanol–water partition coefficient (Wildman–Crippen LogP) is 3.73. The second-order valence-corrected chi connectivity index (χ2v) is 6.24. The molecule has 23 heavy (non-hydrogen) atoms. The lowest BCUT2D eigenvalue weighted by atomic mass is 10.0. The summed E-state index contributed by atoms with van der Waals surface area (Å²) in [5.74, 6) is 1.48. The van der Waals surface area contributed by atoms with Crippen LogP contribution in [0.2, 0.25) is 0 Å². The molecule has 1 amide bonds. The summed E-state index contributed by atoms with van der Waals surface area (Å²) in [5, 5.41) is 4.09. The lowest BCUT2D eigenvalue weighted by molar-refractivity contribution is -0.135. The number of amides is 1. The van der Waals surface area contributed by atoms with Gasteiger partial charge in [-0.05, 0) is 32.3 Å². The van der Waals surface area contributed by atoms with E-state index in [-0.39, 0.29) is 11.9 Å². The summed E-state index contributed by atoms with van der Waals surface area (Å²) in [6.45, 7) is 2.75. The Labute approximate surface area is 140 Å². The first-order valence-electron chi connectivity index (χ1n) is 7.95. The highest BCUT2D eigenvalue weighted by Gasteiger charge is 2.31. The van der Waals surface area contributed by atoms with Gasteiger partial charge in [-0.25, -0.2) is 0 Å². The third kappa shape index (κ3) is 3.55. The van der Waals surface area contributed by atoms with Gasteiger partial charge >= 0.3 is 0 Å². The maximum absolute atomic E-state index is 12.3. The fraction of sp³-hybridized carbons (Fsp3) is 0.471.